The zero-order valence-corrected chi connectivity index (χ0v) is 8.64. The standard InChI is InChI=1S/C12H20O/c1-12(7-2-3-8-12)9-10-5-4-6-11(10)13/h10H,2-9H2,1H3. The number of hydrogen-bond donors (Lipinski definition) is 0. The average molecular weight is 180 g/mol. The third-order valence-corrected chi connectivity index (χ3v) is 3.98. The summed E-state index contributed by atoms with van der Waals surface area (Å²) in [4.78, 5) is 11.5. The van der Waals surface area contributed by atoms with E-state index < -0.39 is 0 Å². The number of rotatable bonds is 2. The predicted molar refractivity (Wildman–Crippen MR) is 53.5 cm³/mol. The van der Waals surface area contributed by atoms with E-state index in [0.29, 0.717) is 17.1 Å². The van der Waals surface area contributed by atoms with Gasteiger partial charge in [-0.05, 0) is 37.5 Å². The van der Waals surface area contributed by atoms with Crippen LogP contribution in [0.5, 0.6) is 0 Å². The SMILES string of the molecule is CC1(CC2CCCC2=O)CCCC1. The fourth-order valence-corrected chi connectivity index (χ4v) is 3.13. The van der Waals surface area contributed by atoms with Crippen LogP contribution in [0.1, 0.15) is 58.3 Å². The summed E-state index contributed by atoms with van der Waals surface area (Å²) in [5.74, 6) is 0.983. The first-order valence-electron chi connectivity index (χ1n) is 5.72. The Bertz CT molecular complexity index is 201. The van der Waals surface area contributed by atoms with E-state index in [1.807, 2.05) is 0 Å². The van der Waals surface area contributed by atoms with Crippen LogP contribution in [0.25, 0.3) is 0 Å². The fraction of sp³-hybridized carbons (Fsp3) is 0.917. The minimum atomic E-state index is 0.433. The van der Waals surface area contributed by atoms with Crippen molar-refractivity contribution in [3.05, 3.63) is 0 Å². The Morgan fingerprint density at radius 3 is 2.54 bits per heavy atom. The van der Waals surface area contributed by atoms with Gasteiger partial charge in [0.2, 0.25) is 0 Å². The number of ketones is 1. The highest BCUT2D eigenvalue weighted by Gasteiger charge is 2.35. The lowest BCUT2D eigenvalue weighted by Gasteiger charge is -2.26. The first kappa shape index (κ1) is 9.23. The second kappa shape index (κ2) is 3.43. The third-order valence-electron chi connectivity index (χ3n) is 3.98. The Morgan fingerprint density at radius 2 is 2.00 bits per heavy atom. The van der Waals surface area contributed by atoms with Gasteiger partial charge in [0.15, 0.2) is 0 Å². The van der Waals surface area contributed by atoms with Crippen molar-refractivity contribution in [1.82, 2.24) is 0 Å². The Labute approximate surface area is 80.9 Å². The van der Waals surface area contributed by atoms with Gasteiger partial charge in [-0.3, -0.25) is 4.79 Å². The van der Waals surface area contributed by atoms with Crippen LogP contribution in [0.3, 0.4) is 0 Å². The lowest BCUT2D eigenvalue weighted by molar-refractivity contribution is -0.121. The quantitative estimate of drug-likeness (QED) is 0.637. The highest BCUT2D eigenvalue weighted by Crippen LogP contribution is 2.44. The molecule has 2 fully saturated rings. The van der Waals surface area contributed by atoms with Gasteiger partial charge in [-0.2, -0.15) is 0 Å². The molecule has 2 rings (SSSR count). The summed E-state index contributed by atoms with van der Waals surface area (Å²) < 4.78 is 0. The topological polar surface area (TPSA) is 17.1 Å². The molecular weight excluding hydrogens is 160 g/mol. The zero-order chi connectivity index (χ0) is 9.31. The number of Topliss-reactive ketones (excluding diaryl/α,β-unsaturated/α-hetero) is 1. The van der Waals surface area contributed by atoms with Crippen LogP contribution in [0.4, 0.5) is 0 Å². The van der Waals surface area contributed by atoms with E-state index in [-0.39, 0.29) is 0 Å². The van der Waals surface area contributed by atoms with E-state index in [1.54, 1.807) is 0 Å². The molecule has 0 N–H and O–H groups in total. The van der Waals surface area contributed by atoms with Gasteiger partial charge in [-0.1, -0.05) is 19.8 Å². The normalized spacial score (nSPS) is 32.7. The summed E-state index contributed by atoms with van der Waals surface area (Å²) in [6, 6.07) is 0. The minimum absolute atomic E-state index is 0.433. The van der Waals surface area contributed by atoms with Gasteiger partial charge < -0.3 is 0 Å². The van der Waals surface area contributed by atoms with Gasteiger partial charge in [-0.25, -0.2) is 0 Å². The molecule has 2 saturated carbocycles. The van der Waals surface area contributed by atoms with E-state index in [9.17, 15) is 4.79 Å². The summed E-state index contributed by atoms with van der Waals surface area (Å²) in [5.41, 5.74) is 0.519. The summed E-state index contributed by atoms with van der Waals surface area (Å²) in [6.45, 7) is 2.38. The smallest absolute Gasteiger partial charge is 0.135 e. The lowest BCUT2D eigenvalue weighted by Crippen LogP contribution is -2.19. The molecule has 0 aromatic rings. The summed E-state index contributed by atoms with van der Waals surface area (Å²) in [7, 11) is 0. The molecule has 13 heavy (non-hydrogen) atoms. The van der Waals surface area contributed by atoms with Gasteiger partial charge in [0.05, 0.1) is 0 Å². The van der Waals surface area contributed by atoms with Crippen molar-refractivity contribution in [2.45, 2.75) is 58.3 Å². The van der Waals surface area contributed by atoms with Crippen molar-refractivity contribution in [2.75, 3.05) is 0 Å². The average Bonchev–Trinajstić information content (AvgIpc) is 2.64. The number of carbonyl (C=O) groups excluding carboxylic acids is 1. The van der Waals surface area contributed by atoms with Crippen LogP contribution in [0, 0.1) is 11.3 Å². The lowest BCUT2D eigenvalue weighted by atomic mass is 9.79. The van der Waals surface area contributed by atoms with Crippen LogP contribution < -0.4 is 0 Å². The maximum absolute atomic E-state index is 11.5. The molecule has 0 bridgehead atoms. The molecular formula is C12H20O. The maximum atomic E-state index is 11.5. The molecule has 1 nitrogen and oxygen atoms in total. The van der Waals surface area contributed by atoms with Gasteiger partial charge >= 0.3 is 0 Å². The van der Waals surface area contributed by atoms with Crippen molar-refractivity contribution in [3.63, 3.8) is 0 Å². The molecule has 1 unspecified atom stereocenters. The van der Waals surface area contributed by atoms with Crippen molar-refractivity contribution in [2.24, 2.45) is 11.3 Å². The first-order chi connectivity index (χ1) is 6.20. The molecule has 0 heterocycles. The zero-order valence-electron chi connectivity index (χ0n) is 8.64. The van der Waals surface area contributed by atoms with E-state index in [2.05, 4.69) is 6.92 Å². The minimum Gasteiger partial charge on any atom is -0.299 e. The second-order valence-electron chi connectivity index (χ2n) is 5.28. The number of carbonyl (C=O) groups is 1. The molecule has 0 radical (unpaired) electrons. The summed E-state index contributed by atoms with van der Waals surface area (Å²) >= 11 is 0. The molecule has 1 atom stereocenters. The monoisotopic (exact) mass is 180 g/mol. The third kappa shape index (κ3) is 1.95. The Balaban J connectivity index is 1.92. The molecule has 74 valence electrons. The molecule has 2 aliphatic carbocycles. The molecule has 0 saturated heterocycles. The molecule has 0 amide bonds. The van der Waals surface area contributed by atoms with E-state index >= 15 is 0 Å². The molecule has 0 aromatic heterocycles. The van der Waals surface area contributed by atoms with Crippen molar-refractivity contribution >= 4 is 5.78 Å². The van der Waals surface area contributed by atoms with Crippen LogP contribution in [0.2, 0.25) is 0 Å². The highest BCUT2D eigenvalue weighted by molar-refractivity contribution is 5.82. The van der Waals surface area contributed by atoms with Crippen LogP contribution in [0.15, 0.2) is 0 Å². The predicted octanol–water partition coefficient (Wildman–Crippen LogP) is 3.33. The molecule has 1 heteroatoms. The van der Waals surface area contributed by atoms with E-state index in [4.69, 9.17) is 0 Å². The first-order valence-corrected chi connectivity index (χ1v) is 5.72. The van der Waals surface area contributed by atoms with Gasteiger partial charge in [-0.15, -0.1) is 0 Å². The molecule has 0 aromatic carbocycles. The number of hydrogen-bond acceptors (Lipinski definition) is 1. The van der Waals surface area contributed by atoms with Crippen LogP contribution in [-0.2, 0) is 4.79 Å². The fourth-order valence-electron chi connectivity index (χ4n) is 3.13. The van der Waals surface area contributed by atoms with E-state index in [0.717, 1.165) is 12.8 Å². The van der Waals surface area contributed by atoms with Crippen molar-refractivity contribution < 1.29 is 4.79 Å². The van der Waals surface area contributed by atoms with Gasteiger partial charge in [0.1, 0.15) is 5.78 Å². The summed E-state index contributed by atoms with van der Waals surface area (Å²) in [6.07, 6.45) is 9.86. The highest BCUT2D eigenvalue weighted by atomic mass is 16.1. The van der Waals surface area contributed by atoms with Crippen LogP contribution >= 0.6 is 0 Å². The van der Waals surface area contributed by atoms with E-state index in [1.165, 1.54) is 38.5 Å². The second-order valence-corrected chi connectivity index (χ2v) is 5.28. The molecule has 0 spiro atoms. The molecule has 0 aliphatic heterocycles. The Hall–Kier alpha value is -0.330. The largest absolute Gasteiger partial charge is 0.299 e. The van der Waals surface area contributed by atoms with Crippen LogP contribution in [-0.4, -0.2) is 5.78 Å². The summed E-state index contributed by atoms with van der Waals surface area (Å²) in [5, 5.41) is 0. The van der Waals surface area contributed by atoms with Gasteiger partial charge in [0, 0.05) is 12.3 Å². The molecule has 2 aliphatic rings. The Kier molecular flexibility index (Phi) is 2.44. The van der Waals surface area contributed by atoms with Crippen molar-refractivity contribution in [1.29, 1.82) is 0 Å². The van der Waals surface area contributed by atoms with Crippen molar-refractivity contribution in [3.8, 4) is 0 Å². The van der Waals surface area contributed by atoms with Gasteiger partial charge in [0.25, 0.3) is 0 Å². The Morgan fingerprint density at radius 1 is 1.31 bits per heavy atom. The maximum Gasteiger partial charge on any atom is 0.135 e.